The van der Waals surface area contributed by atoms with Crippen molar-refractivity contribution in [2.75, 3.05) is 18.4 Å². The molecule has 3 rings (SSSR count). The summed E-state index contributed by atoms with van der Waals surface area (Å²) >= 11 is 0. The normalized spacial score (nSPS) is 13.7. The molecule has 2 aromatic carbocycles. The van der Waals surface area contributed by atoms with E-state index in [2.05, 4.69) is 5.32 Å². The van der Waals surface area contributed by atoms with Crippen LogP contribution >= 0.6 is 0 Å². The lowest BCUT2D eigenvalue weighted by atomic mass is 10.1. The van der Waals surface area contributed by atoms with Crippen molar-refractivity contribution in [3.05, 3.63) is 65.0 Å². The monoisotopic (exact) mass is 342 g/mol. The zero-order chi connectivity index (χ0) is 17.8. The van der Waals surface area contributed by atoms with Crippen LogP contribution in [-0.2, 0) is 6.54 Å². The highest BCUT2D eigenvalue weighted by atomic mass is 19.1. The minimum absolute atomic E-state index is 0.0571. The van der Waals surface area contributed by atoms with Crippen LogP contribution in [0.3, 0.4) is 0 Å². The number of carbonyl (C=O) groups excluding carboxylic acids is 1. The summed E-state index contributed by atoms with van der Waals surface area (Å²) in [6.45, 7) is 2.08. The number of amides is 1. The Labute approximate surface area is 145 Å². The van der Waals surface area contributed by atoms with Crippen molar-refractivity contribution < 1.29 is 19.1 Å². The van der Waals surface area contributed by atoms with E-state index < -0.39 is 11.8 Å². The minimum Gasteiger partial charge on any atom is -0.478 e. The van der Waals surface area contributed by atoms with Crippen molar-refractivity contribution in [3.63, 3.8) is 0 Å². The number of anilines is 1. The predicted molar refractivity (Wildman–Crippen MR) is 92.3 cm³/mol. The smallest absolute Gasteiger partial charge is 0.338 e. The molecule has 1 heterocycles. The first-order valence-electron chi connectivity index (χ1n) is 8.19. The quantitative estimate of drug-likeness (QED) is 0.874. The van der Waals surface area contributed by atoms with E-state index in [1.165, 1.54) is 12.1 Å². The van der Waals surface area contributed by atoms with Crippen LogP contribution in [0, 0.1) is 5.82 Å². The molecule has 1 aliphatic heterocycles. The van der Waals surface area contributed by atoms with Gasteiger partial charge in [-0.1, -0.05) is 12.1 Å². The van der Waals surface area contributed by atoms with Crippen LogP contribution in [-0.4, -0.2) is 35.0 Å². The average Bonchev–Trinajstić information content (AvgIpc) is 3.15. The Hall–Kier alpha value is -2.89. The van der Waals surface area contributed by atoms with E-state index in [4.69, 9.17) is 5.11 Å². The number of hydrogen-bond donors (Lipinski definition) is 2. The number of benzene rings is 2. The van der Waals surface area contributed by atoms with Gasteiger partial charge in [0.1, 0.15) is 5.82 Å². The highest BCUT2D eigenvalue weighted by Crippen LogP contribution is 2.17. The first-order chi connectivity index (χ1) is 12.0. The number of nitrogens with zero attached hydrogens (tertiary/aromatic N) is 1. The number of carboxylic acid groups (broad SMARTS) is 1. The molecule has 1 aliphatic rings. The van der Waals surface area contributed by atoms with Gasteiger partial charge in [-0.2, -0.15) is 0 Å². The number of likely N-dealkylation sites (tertiary alicyclic amines) is 1. The molecule has 0 radical (unpaired) electrons. The van der Waals surface area contributed by atoms with Crippen molar-refractivity contribution in [2.45, 2.75) is 19.4 Å². The molecule has 1 saturated heterocycles. The van der Waals surface area contributed by atoms with E-state index in [-0.39, 0.29) is 11.5 Å². The summed E-state index contributed by atoms with van der Waals surface area (Å²) < 4.78 is 13.4. The highest BCUT2D eigenvalue weighted by Gasteiger charge is 2.19. The maximum absolute atomic E-state index is 13.4. The molecule has 130 valence electrons. The van der Waals surface area contributed by atoms with Crippen LogP contribution in [0.5, 0.6) is 0 Å². The second-order valence-electron chi connectivity index (χ2n) is 6.05. The fraction of sp³-hybridized carbons (Fsp3) is 0.263. The molecule has 25 heavy (non-hydrogen) atoms. The number of nitrogens with one attached hydrogen (secondary N) is 1. The molecule has 5 nitrogen and oxygen atoms in total. The molecule has 0 unspecified atom stereocenters. The molecular weight excluding hydrogens is 323 g/mol. The van der Waals surface area contributed by atoms with E-state index in [1.54, 1.807) is 12.1 Å². The van der Waals surface area contributed by atoms with E-state index in [9.17, 15) is 14.0 Å². The second kappa shape index (κ2) is 7.34. The fourth-order valence-corrected chi connectivity index (χ4v) is 2.87. The first-order valence-corrected chi connectivity index (χ1v) is 8.19. The van der Waals surface area contributed by atoms with E-state index in [0.29, 0.717) is 17.8 Å². The molecule has 2 aromatic rings. The average molecular weight is 342 g/mol. The number of aromatic carboxylic acids is 1. The summed E-state index contributed by atoms with van der Waals surface area (Å²) in [6.07, 6.45) is 2.12. The lowest BCUT2D eigenvalue weighted by Crippen LogP contribution is -2.27. The van der Waals surface area contributed by atoms with E-state index in [0.717, 1.165) is 37.6 Å². The summed E-state index contributed by atoms with van der Waals surface area (Å²) in [5.41, 5.74) is 1.77. The maximum Gasteiger partial charge on any atom is 0.338 e. The zero-order valence-corrected chi connectivity index (χ0v) is 13.7. The number of carbonyl (C=O) groups is 2. The van der Waals surface area contributed by atoms with Gasteiger partial charge in [0.15, 0.2) is 0 Å². The second-order valence-corrected chi connectivity index (χ2v) is 6.05. The Balaban J connectivity index is 1.63. The van der Waals surface area contributed by atoms with Gasteiger partial charge in [0.2, 0.25) is 0 Å². The van der Waals surface area contributed by atoms with Gasteiger partial charge in [-0.15, -0.1) is 0 Å². The summed E-state index contributed by atoms with van der Waals surface area (Å²) in [4.78, 5) is 25.1. The van der Waals surface area contributed by atoms with Crippen molar-refractivity contribution in [1.82, 2.24) is 4.90 Å². The molecule has 0 aromatic heterocycles. The van der Waals surface area contributed by atoms with Crippen LogP contribution in [0.15, 0.2) is 42.5 Å². The van der Waals surface area contributed by atoms with Gasteiger partial charge in [0.25, 0.3) is 5.91 Å². The Morgan fingerprint density at radius 3 is 2.40 bits per heavy atom. The topological polar surface area (TPSA) is 69.6 Å². The molecule has 6 heteroatoms. The molecular formula is C19H19FN2O3. The van der Waals surface area contributed by atoms with Gasteiger partial charge in [-0.25, -0.2) is 9.18 Å². The number of hydrogen-bond acceptors (Lipinski definition) is 3. The predicted octanol–water partition coefficient (Wildman–Crippen LogP) is 3.37. The molecule has 1 fully saturated rings. The Bertz CT molecular complexity index is 784. The van der Waals surface area contributed by atoms with E-state index >= 15 is 0 Å². The summed E-state index contributed by atoms with van der Waals surface area (Å²) in [6, 6.07) is 11.2. The van der Waals surface area contributed by atoms with Gasteiger partial charge in [0.05, 0.1) is 5.56 Å². The molecule has 0 saturated carbocycles. The van der Waals surface area contributed by atoms with Gasteiger partial charge < -0.3 is 15.3 Å². The lowest BCUT2D eigenvalue weighted by molar-refractivity contribution is 0.0691. The maximum atomic E-state index is 13.4. The standard InChI is InChI=1S/C19H19FN2O3/c20-17-8-7-15(11-16(17)19(24)25)21-12-13-3-5-14(6-4-13)18(23)22-9-1-2-10-22/h3-8,11,21H,1-2,9-10,12H2,(H,24,25). The lowest BCUT2D eigenvalue weighted by Gasteiger charge is -2.15. The minimum atomic E-state index is -1.30. The molecule has 0 aliphatic carbocycles. The van der Waals surface area contributed by atoms with Crippen LogP contribution in [0.25, 0.3) is 0 Å². The van der Waals surface area contributed by atoms with Crippen LogP contribution in [0.2, 0.25) is 0 Å². The number of halogens is 1. The molecule has 0 spiro atoms. The third-order valence-electron chi connectivity index (χ3n) is 4.29. The van der Waals surface area contributed by atoms with Crippen LogP contribution in [0.1, 0.15) is 39.1 Å². The van der Waals surface area contributed by atoms with Gasteiger partial charge in [-0.3, -0.25) is 4.79 Å². The van der Waals surface area contributed by atoms with Gasteiger partial charge >= 0.3 is 5.97 Å². The first kappa shape index (κ1) is 17.0. The Morgan fingerprint density at radius 1 is 1.08 bits per heavy atom. The Kier molecular flexibility index (Phi) is 4.97. The van der Waals surface area contributed by atoms with Gasteiger partial charge in [0, 0.05) is 30.9 Å². The SMILES string of the molecule is O=C(O)c1cc(NCc2ccc(C(=O)N3CCCC3)cc2)ccc1F. The largest absolute Gasteiger partial charge is 0.478 e. The third kappa shape index (κ3) is 3.96. The van der Waals surface area contributed by atoms with Crippen molar-refractivity contribution in [3.8, 4) is 0 Å². The molecule has 0 atom stereocenters. The number of carboxylic acids is 1. The van der Waals surface area contributed by atoms with Gasteiger partial charge in [-0.05, 0) is 48.7 Å². The van der Waals surface area contributed by atoms with Crippen LogP contribution in [0.4, 0.5) is 10.1 Å². The number of rotatable bonds is 5. The molecule has 2 N–H and O–H groups in total. The highest BCUT2D eigenvalue weighted by molar-refractivity contribution is 5.94. The summed E-state index contributed by atoms with van der Waals surface area (Å²) in [7, 11) is 0. The fourth-order valence-electron chi connectivity index (χ4n) is 2.87. The molecule has 1 amide bonds. The zero-order valence-electron chi connectivity index (χ0n) is 13.7. The van der Waals surface area contributed by atoms with Crippen molar-refractivity contribution in [1.29, 1.82) is 0 Å². The summed E-state index contributed by atoms with van der Waals surface area (Å²) in [5, 5.41) is 12.0. The van der Waals surface area contributed by atoms with E-state index in [1.807, 2.05) is 17.0 Å². The third-order valence-corrected chi connectivity index (χ3v) is 4.29. The van der Waals surface area contributed by atoms with Crippen LogP contribution < -0.4 is 5.32 Å². The Morgan fingerprint density at radius 2 is 1.76 bits per heavy atom. The molecule has 0 bridgehead atoms. The summed E-state index contributed by atoms with van der Waals surface area (Å²) in [5.74, 6) is -2.00. The van der Waals surface area contributed by atoms with Crippen molar-refractivity contribution in [2.24, 2.45) is 0 Å². The van der Waals surface area contributed by atoms with Crippen molar-refractivity contribution >= 4 is 17.6 Å².